The highest BCUT2D eigenvalue weighted by Gasteiger charge is 2.15. The van der Waals surface area contributed by atoms with Gasteiger partial charge in [0.05, 0.1) is 5.75 Å². The highest BCUT2D eigenvalue weighted by Crippen LogP contribution is 2.34. The fourth-order valence-electron chi connectivity index (χ4n) is 2.36. The maximum absolute atomic E-state index is 12.1. The number of fused-ring (bicyclic) bond motifs is 1. The second kappa shape index (κ2) is 7.58. The number of hydrogen-bond acceptors (Lipinski definition) is 7. The number of ether oxygens (including phenoxy) is 2. The van der Waals surface area contributed by atoms with Gasteiger partial charge in [0, 0.05) is 36.0 Å². The minimum Gasteiger partial charge on any atom is -0.454 e. The third-order valence-corrected chi connectivity index (χ3v) is 4.43. The zero-order valence-corrected chi connectivity index (χ0v) is 14.3. The van der Waals surface area contributed by atoms with Gasteiger partial charge in [0.1, 0.15) is 0 Å². The lowest BCUT2D eigenvalue weighted by molar-refractivity contribution is -0.113. The first-order chi connectivity index (χ1) is 12.1. The molecule has 1 aromatic carbocycles. The first kappa shape index (κ1) is 17.3. The number of hydrogen-bond donors (Lipinski definition) is 3. The monoisotopic (exact) mass is 363 g/mol. The second-order valence-corrected chi connectivity index (χ2v) is 6.28. The van der Waals surface area contributed by atoms with Gasteiger partial charge in [0.25, 0.3) is 5.56 Å². The molecule has 0 spiro atoms. The molecule has 132 valence electrons. The number of carbonyl (C=O) groups excluding carboxylic acids is 1. The summed E-state index contributed by atoms with van der Waals surface area (Å²) in [6.45, 7) is 1.76. The van der Waals surface area contributed by atoms with E-state index in [-0.39, 0.29) is 37.0 Å². The molecular formula is C16H17N3O5S. The topological polar surface area (TPSA) is 114 Å². The Kier molecular flexibility index (Phi) is 5.25. The Morgan fingerprint density at radius 1 is 1.40 bits per heavy atom. The molecule has 25 heavy (non-hydrogen) atoms. The Balaban J connectivity index is 1.60. The third kappa shape index (κ3) is 4.12. The van der Waals surface area contributed by atoms with E-state index in [1.165, 1.54) is 0 Å². The quantitative estimate of drug-likeness (QED) is 0.520. The Morgan fingerprint density at radius 3 is 2.96 bits per heavy atom. The zero-order valence-electron chi connectivity index (χ0n) is 13.5. The van der Waals surface area contributed by atoms with Crippen LogP contribution in [0.15, 0.2) is 28.2 Å². The van der Waals surface area contributed by atoms with E-state index < -0.39 is 0 Å². The molecule has 9 heteroatoms. The van der Waals surface area contributed by atoms with E-state index in [1.807, 2.05) is 0 Å². The van der Waals surface area contributed by atoms with Crippen molar-refractivity contribution in [1.82, 2.24) is 9.97 Å². The van der Waals surface area contributed by atoms with E-state index in [1.54, 1.807) is 25.1 Å². The lowest BCUT2D eigenvalue weighted by Crippen LogP contribution is -2.19. The Morgan fingerprint density at radius 2 is 2.20 bits per heavy atom. The number of aliphatic hydroxyl groups excluding tert-OH is 1. The molecule has 0 saturated carbocycles. The van der Waals surface area contributed by atoms with Gasteiger partial charge in [-0.2, -0.15) is 0 Å². The second-order valence-electron chi connectivity index (χ2n) is 5.31. The van der Waals surface area contributed by atoms with Crippen molar-refractivity contribution in [2.75, 3.05) is 24.5 Å². The molecule has 1 aliphatic rings. The molecule has 1 aliphatic heterocycles. The van der Waals surface area contributed by atoms with Crippen molar-refractivity contribution < 1.29 is 19.4 Å². The van der Waals surface area contributed by atoms with E-state index >= 15 is 0 Å². The summed E-state index contributed by atoms with van der Waals surface area (Å²) in [5.41, 5.74) is 1.32. The molecule has 8 nitrogen and oxygen atoms in total. The van der Waals surface area contributed by atoms with Gasteiger partial charge in [-0.25, -0.2) is 4.98 Å². The van der Waals surface area contributed by atoms with Crippen LogP contribution >= 0.6 is 11.8 Å². The van der Waals surface area contributed by atoms with Crippen molar-refractivity contribution in [2.24, 2.45) is 0 Å². The summed E-state index contributed by atoms with van der Waals surface area (Å²) in [5, 5.41) is 12.1. The summed E-state index contributed by atoms with van der Waals surface area (Å²) >= 11 is 1.13. The Hall–Kier alpha value is -2.52. The van der Waals surface area contributed by atoms with Crippen LogP contribution in [-0.4, -0.2) is 40.1 Å². The lowest BCUT2D eigenvalue weighted by Gasteiger charge is -2.07. The number of carbonyl (C=O) groups is 1. The van der Waals surface area contributed by atoms with Crippen LogP contribution in [0.5, 0.6) is 11.5 Å². The highest BCUT2D eigenvalue weighted by atomic mass is 32.2. The minimum atomic E-state index is -0.291. The third-order valence-electron chi connectivity index (χ3n) is 3.56. The molecule has 3 rings (SSSR count). The number of aromatic nitrogens is 2. The number of aryl methyl sites for hydroxylation is 1. The first-order valence-electron chi connectivity index (χ1n) is 7.60. The number of aliphatic hydroxyl groups is 1. The van der Waals surface area contributed by atoms with E-state index in [9.17, 15) is 9.59 Å². The number of H-pyrrole nitrogens is 1. The number of rotatable bonds is 6. The van der Waals surface area contributed by atoms with Crippen LogP contribution in [0.4, 0.5) is 5.69 Å². The van der Waals surface area contributed by atoms with Gasteiger partial charge >= 0.3 is 0 Å². The van der Waals surface area contributed by atoms with Crippen molar-refractivity contribution in [3.8, 4) is 11.5 Å². The molecule has 0 radical (unpaired) electrons. The molecule has 0 saturated heterocycles. The summed E-state index contributed by atoms with van der Waals surface area (Å²) in [4.78, 5) is 30.9. The van der Waals surface area contributed by atoms with Crippen molar-refractivity contribution in [3.05, 3.63) is 39.8 Å². The first-order valence-corrected chi connectivity index (χ1v) is 8.58. The molecule has 0 bridgehead atoms. The fourth-order valence-corrected chi connectivity index (χ4v) is 3.07. The van der Waals surface area contributed by atoms with Gasteiger partial charge in [-0.15, -0.1) is 0 Å². The number of aromatic amines is 1. The van der Waals surface area contributed by atoms with Gasteiger partial charge in [0.15, 0.2) is 16.7 Å². The van der Waals surface area contributed by atoms with Crippen molar-refractivity contribution >= 4 is 23.4 Å². The number of amides is 1. The van der Waals surface area contributed by atoms with Crippen LogP contribution in [0.25, 0.3) is 0 Å². The van der Waals surface area contributed by atoms with Crippen LogP contribution < -0.4 is 20.3 Å². The number of benzene rings is 1. The van der Waals surface area contributed by atoms with Crippen LogP contribution in [-0.2, 0) is 11.2 Å². The van der Waals surface area contributed by atoms with Gasteiger partial charge in [-0.05, 0) is 19.1 Å². The molecule has 1 aromatic heterocycles. The molecule has 2 aromatic rings. The average Bonchev–Trinajstić information content (AvgIpc) is 3.04. The van der Waals surface area contributed by atoms with E-state index in [2.05, 4.69) is 15.3 Å². The van der Waals surface area contributed by atoms with Gasteiger partial charge in [-0.3, -0.25) is 9.59 Å². The number of anilines is 1. The molecule has 2 heterocycles. The summed E-state index contributed by atoms with van der Waals surface area (Å²) in [7, 11) is 0. The molecule has 0 aliphatic carbocycles. The summed E-state index contributed by atoms with van der Waals surface area (Å²) < 4.78 is 10.5. The van der Waals surface area contributed by atoms with Crippen molar-refractivity contribution in [3.63, 3.8) is 0 Å². The smallest absolute Gasteiger partial charge is 0.255 e. The standard InChI is InChI=1S/C16H17N3O5S/c1-9-11(4-5-20)15(22)19-16(17-9)25-7-14(21)18-10-2-3-12-13(6-10)24-8-23-12/h2-3,6,20H,4-5,7-8H2,1H3,(H,18,21)(H,17,19,22). The maximum atomic E-state index is 12.1. The average molecular weight is 363 g/mol. The zero-order chi connectivity index (χ0) is 17.8. The molecule has 0 unspecified atom stereocenters. The van der Waals surface area contributed by atoms with Crippen LogP contribution in [0, 0.1) is 6.92 Å². The van der Waals surface area contributed by atoms with Gasteiger partial charge in [0.2, 0.25) is 12.7 Å². The number of thioether (sulfide) groups is 1. The lowest BCUT2D eigenvalue weighted by atomic mass is 10.2. The van der Waals surface area contributed by atoms with Gasteiger partial charge in [-0.1, -0.05) is 11.8 Å². The summed E-state index contributed by atoms with van der Waals surface area (Å²) in [6, 6.07) is 5.15. The number of nitrogens with one attached hydrogen (secondary N) is 2. The maximum Gasteiger partial charge on any atom is 0.255 e. The highest BCUT2D eigenvalue weighted by molar-refractivity contribution is 7.99. The van der Waals surface area contributed by atoms with Crippen LogP contribution in [0.1, 0.15) is 11.3 Å². The Bertz CT molecular complexity index is 852. The van der Waals surface area contributed by atoms with Crippen molar-refractivity contribution in [2.45, 2.75) is 18.5 Å². The molecular weight excluding hydrogens is 346 g/mol. The van der Waals surface area contributed by atoms with Crippen molar-refractivity contribution in [1.29, 1.82) is 0 Å². The molecule has 3 N–H and O–H groups in total. The number of nitrogens with zero attached hydrogens (tertiary/aromatic N) is 1. The summed E-state index contributed by atoms with van der Waals surface area (Å²) in [5.74, 6) is 1.10. The van der Waals surface area contributed by atoms with Crippen LogP contribution in [0.2, 0.25) is 0 Å². The van der Waals surface area contributed by atoms with Crippen LogP contribution in [0.3, 0.4) is 0 Å². The van der Waals surface area contributed by atoms with E-state index in [4.69, 9.17) is 14.6 Å². The fraction of sp³-hybridized carbons (Fsp3) is 0.312. The molecule has 0 atom stereocenters. The largest absolute Gasteiger partial charge is 0.454 e. The normalized spacial score (nSPS) is 12.2. The van der Waals surface area contributed by atoms with E-state index in [0.29, 0.717) is 33.6 Å². The predicted molar refractivity (Wildman–Crippen MR) is 92.3 cm³/mol. The van der Waals surface area contributed by atoms with E-state index in [0.717, 1.165) is 11.8 Å². The molecule has 1 amide bonds. The minimum absolute atomic E-state index is 0.0934. The Labute approximate surface area is 147 Å². The summed E-state index contributed by atoms with van der Waals surface area (Å²) in [6.07, 6.45) is 0.254. The molecule has 0 fully saturated rings. The SMILES string of the molecule is Cc1nc(SCC(=O)Nc2ccc3c(c2)OCO3)[nH]c(=O)c1CCO. The predicted octanol–water partition coefficient (Wildman–Crippen LogP) is 1.07. The van der Waals surface area contributed by atoms with Gasteiger partial charge < -0.3 is 24.9 Å².